The zero-order valence-corrected chi connectivity index (χ0v) is 16.3. The number of hydrogen-bond acceptors (Lipinski definition) is 3. The Kier molecular flexibility index (Phi) is 9.78. The third kappa shape index (κ3) is 6.70. The largest absolute Gasteiger partial charge is 0.494 e. The highest BCUT2D eigenvalue weighted by atomic mass is 35.5. The van der Waals surface area contributed by atoms with E-state index in [1.165, 1.54) is 0 Å². The molecule has 2 rings (SSSR count). The second kappa shape index (κ2) is 11.6. The monoisotopic (exact) mass is 376 g/mol. The van der Waals surface area contributed by atoms with Crippen molar-refractivity contribution in [3.05, 3.63) is 65.7 Å². The fraction of sp³-hybridized carbons (Fsp3) is 0.381. The fourth-order valence-electron chi connectivity index (χ4n) is 2.56. The first-order valence-corrected chi connectivity index (χ1v) is 8.91. The van der Waals surface area contributed by atoms with Gasteiger partial charge in [-0.15, -0.1) is 12.4 Å². The maximum atomic E-state index is 12.4. The summed E-state index contributed by atoms with van der Waals surface area (Å²) in [7, 11) is 0. The van der Waals surface area contributed by atoms with Crippen molar-refractivity contribution in [2.45, 2.75) is 39.3 Å². The van der Waals surface area contributed by atoms with Gasteiger partial charge in [0, 0.05) is 12.6 Å². The van der Waals surface area contributed by atoms with E-state index < -0.39 is 0 Å². The second-order valence-corrected chi connectivity index (χ2v) is 6.29. The predicted octanol–water partition coefficient (Wildman–Crippen LogP) is 4.24. The molecule has 0 aliphatic heterocycles. The molecule has 5 heteroatoms. The first-order chi connectivity index (χ1) is 12.1. The number of carbonyl (C=O) groups excluding carboxylic acids is 1. The van der Waals surface area contributed by atoms with Crippen LogP contribution in [0.4, 0.5) is 0 Å². The molecular formula is C21H29ClN2O2. The van der Waals surface area contributed by atoms with Crippen molar-refractivity contribution in [1.29, 1.82) is 0 Å². The normalized spacial score (nSPS) is 12.6. The molecule has 4 nitrogen and oxygen atoms in total. The minimum absolute atomic E-state index is 0. The molecule has 0 heterocycles. The van der Waals surface area contributed by atoms with Crippen molar-refractivity contribution in [2.24, 2.45) is 11.7 Å². The van der Waals surface area contributed by atoms with Gasteiger partial charge in [0.2, 0.25) is 5.91 Å². The lowest BCUT2D eigenvalue weighted by atomic mass is 9.94. The highest BCUT2D eigenvalue weighted by Crippen LogP contribution is 2.19. The summed E-state index contributed by atoms with van der Waals surface area (Å²) in [4.78, 5) is 12.4. The predicted molar refractivity (Wildman–Crippen MR) is 108 cm³/mol. The van der Waals surface area contributed by atoms with E-state index in [-0.39, 0.29) is 30.3 Å². The van der Waals surface area contributed by atoms with Crippen LogP contribution in [-0.2, 0) is 11.3 Å². The van der Waals surface area contributed by atoms with Crippen LogP contribution in [0.3, 0.4) is 0 Å². The summed E-state index contributed by atoms with van der Waals surface area (Å²) in [5, 5.41) is 2.97. The standard InChI is InChI=1S/C21H28N2O2.ClH/c1-3-4-13-25-19-12-8-9-17(14-19)15-23-21(24)16(2)20(22)18-10-6-5-7-11-18;/h5-12,14,16,20H,3-4,13,15,22H2,1-2H3,(H,23,24);1H. The van der Waals surface area contributed by atoms with Crippen LogP contribution in [0.1, 0.15) is 43.9 Å². The molecule has 1 amide bonds. The number of nitrogens with one attached hydrogen (secondary N) is 1. The molecule has 0 radical (unpaired) electrons. The summed E-state index contributed by atoms with van der Waals surface area (Å²) in [6.07, 6.45) is 2.14. The van der Waals surface area contributed by atoms with E-state index in [0.717, 1.165) is 36.3 Å². The topological polar surface area (TPSA) is 64.3 Å². The molecule has 2 unspecified atom stereocenters. The lowest BCUT2D eigenvalue weighted by Crippen LogP contribution is -2.35. The zero-order chi connectivity index (χ0) is 18.1. The maximum absolute atomic E-state index is 12.4. The van der Waals surface area contributed by atoms with Crippen LogP contribution in [-0.4, -0.2) is 12.5 Å². The molecule has 26 heavy (non-hydrogen) atoms. The first kappa shape index (κ1) is 22.0. The summed E-state index contributed by atoms with van der Waals surface area (Å²) < 4.78 is 5.70. The number of ether oxygens (including phenoxy) is 1. The second-order valence-electron chi connectivity index (χ2n) is 6.29. The molecule has 2 aromatic rings. The van der Waals surface area contributed by atoms with Gasteiger partial charge in [-0.3, -0.25) is 4.79 Å². The first-order valence-electron chi connectivity index (χ1n) is 8.91. The Morgan fingerprint density at radius 1 is 1.15 bits per heavy atom. The zero-order valence-electron chi connectivity index (χ0n) is 15.5. The quantitative estimate of drug-likeness (QED) is 0.643. The highest BCUT2D eigenvalue weighted by molar-refractivity contribution is 5.85. The van der Waals surface area contributed by atoms with Gasteiger partial charge in [0.25, 0.3) is 0 Å². The molecule has 0 saturated carbocycles. The van der Waals surface area contributed by atoms with Gasteiger partial charge in [0.05, 0.1) is 12.5 Å². The van der Waals surface area contributed by atoms with Gasteiger partial charge in [-0.2, -0.15) is 0 Å². The van der Waals surface area contributed by atoms with Crippen molar-refractivity contribution in [3.63, 3.8) is 0 Å². The summed E-state index contributed by atoms with van der Waals surface area (Å²) in [6, 6.07) is 17.2. The Balaban J connectivity index is 0.00000338. The average Bonchev–Trinajstić information content (AvgIpc) is 2.66. The minimum atomic E-state index is -0.315. The molecule has 0 bridgehead atoms. The number of unbranched alkanes of at least 4 members (excludes halogenated alkanes) is 1. The van der Waals surface area contributed by atoms with Crippen molar-refractivity contribution < 1.29 is 9.53 Å². The molecule has 142 valence electrons. The number of benzene rings is 2. The number of amides is 1. The average molecular weight is 377 g/mol. The van der Waals surface area contributed by atoms with Gasteiger partial charge in [-0.05, 0) is 29.7 Å². The fourth-order valence-corrected chi connectivity index (χ4v) is 2.56. The van der Waals surface area contributed by atoms with Crippen molar-refractivity contribution >= 4 is 18.3 Å². The Morgan fingerprint density at radius 2 is 1.88 bits per heavy atom. The molecule has 0 aliphatic rings. The van der Waals surface area contributed by atoms with Crippen molar-refractivity contribution in [1.82, 2.24) is 5.32 Å². The van der Waals surface area contributed by atoms with Gasteiger partial charge >= 0.3 is 0 Å². The van der Waals surface area contributed by atoms with E-state index in [1.54, 1.807) is 0 Å². The van der Waals surface area contributed by atoms with Crippen LogP contribution in [0.5, 0.6) is 5.75 Å². The number of halogens is 1. The van der Waals surface area contributed by atoms with Crippen LogP contribution in [0.2, 0.25) is 0 Å². The van der Waals surface area contributed by atoms with Gasteiger partial charge in [0.1, 0.15) is 5.75 Å². The van der Waals surface area contributed by atoms with Crippen LogP contribution in [0.15, 0.2) is 54.6 Å². The number of nitrogens with two attached hydrogens (primary N) is 1. The molecular weight excluding hydrogens is 348 g/mol. The van der Waals surface area contributed by atoms with Crippen LogP contribution in [0.25, 0.3) is 0 Å². The summed E-state index contributed by atoms with van der Waals surface area (Å²) in [5.41, 5.74) is 8.21. The van der Waals surface area contributed by atoms with Crippen LogP contribution < -0.4 is 15.8 Å². The van der Waals surface area contributed by atoms with Crippen LogP contribution in [0, 0.1) is 5.92 Å². The summed E-state index contributed by atoms with van der Waals surface area (Å²) >= 11 is 0. The van der Waals surface area contributed by atoms with Gasteiger partial charge in [0.15, 0.2) is 0 Å². The molecule has 0 fully saturated rings. The summed E-state index contributed by atoms with van der Waals surface area (Å²) in [5.74, 6) is 0.495. The Morgan fingerprint density at radius 3 is 2.58 bits per heavy atom. The Labute approximate surface area is 162 Å². The van der Waals surface area contributed by atoms with Gasteiger partial charge < -0.3 is 15.8 Å². The van der Waals surface area contributed by atoms with E-state index in [1.807, 2.05) is 61.5 Å². The molecule has 0 saturated heterocycles. The smallest absolute Gasteiger partial charge is 0.225 e. The molecule has 0 aromatic heterocycles. The van der Waals surface area contributed by atoms with Crippen LogP contribution >= 0.6 is 12.4 Å². The van der Waals surface area contributed by atoms with Crippen molar-refractivity contribution in [3.8, 4) is 5.75 Å². The number of carbonyl (C=O) groups is 1. The Hall–Kier alpha value is -2.04. The highest BCUT2D eigenvalue weighted by Gasteiger charge is 2.21. The summed E-state index contributed by atoms with van der Waals surface area (Å²) in [6.45, 7) is 5.18. The maximum Gasteiger partial charge on any atom is 0.225 e. The molecule has 0 aliphatic carbocycles. The third-order valence-corrected chi connectivity index (χ3v) is 4.27. The van der Waals surface area contributed by atoms with E-state index in [2.05, 4.69) is 12.2 Å². The molecule has 3 N–H and O–H groups in total. The molecule has 2 atom stereocenters. The van der Waals surface area contributed by atoms with Gasteiger partial charge in [-0.1, -0.05) is 62.7 Å². The minimum Gasteiger partial charge on any atom is -0.494 e. The number of hydrogen-bond donors (Lipinski definition) is 2. The Bertz CT molecular complexity index is 664. The SMILES string of the molecule is CCCCOc1cccc(CNC(=O)C(C)C(N)c2ccccc2)c1.Cl. The van der Waals surface area contributed by atoms with E-state index in [4.69, 9.17) is 10.5 Å². The van der Waals surface area contributed by atoms with Crippen molar-refractivity contribution in [2.75, 3.05) is 6.61 Å². The number of rotatable bonds is 9. The molecule has 0 spiro atoms. The van der Waals surface area contributed by atoms with Gasteiger partial charge in [-0.25, -0.2) is 0 Å². The lowest BCUT2D eigenvalue weighted by Gasteiger charge is -2.20. The van der Waals surface area contributed by atoms with E-state index in [0.29, 0.717) is 6.54 Å². The third-order valence-electron chi connectivity index (χ3n) is 4.27. The lowest BCUT2D eigenvalue weighted by molar-refractivity contribution is -0.125. The molecule has 2 aromatic carbocycles. The van der Waals surface area contributed by atoms with E-state index in [9.17, 15) is 4.79 Å². The van der Waals surface area contributed by atoms with E-state index >= 15 is 0 Å².